The fourth-order valence-electron chi connectivity index (χ4n) is 1.85. The van der Waals surface area contributed by atoms with Crippen molar-refractivity contribution in [2.24, 2.45) is 0 Å². The Morgan fingerprint density at radius 2 is 2.27 bits per heavy atom. The molecule has 0 saturated heterocycles. The molecule has 0 aliphatic heterocycles. The van der Waals surface area contributed by atoms with Crippen molar-refractivity contribution < 1.29 is 4.74 Å². The van der Waals surface area contributed by atoms with Crippen molar-refractivity contribution in [2.75, 3.05) is 20.3 Å². The Balaban J connectivity index is 1.84. The lowest BCUT2D eigenvalue weighted by Gasteiger charge is -2.06. The molecule has 0 bridgehead atoms. The van der Waals surface area contributed by atoms with Gasteiger partial charge in [0, 0.05) is 25.1 Å². The van der Waals surface area contributed by atoms with Crippen molar-refractivity contribution in [3.8, 4) is 0 Å². The molecule has 1 aliphatic rings. The van der Waals surface area contributed by atoms with Crippen molar-refractivity contribution in [3.63, 3.8) is 0 Å². The summed E-state index contributed by atoms with van der Waals surface area (Å²) in [5.74, 6) is 0. The molecule has 2 rings (SSSR count). The molecule has 0 atom stereocenters. The average Bonchev–Trinajstić information content (AvgIpc) is 2.67. The molecule has 0 saturated carbocycles. The molecule has 84 valence electrons. The van der Waals surface area contributed by atoms with Gasteiger partial charge in [-0.05, 0) is 25.7 Å². The molecule has 1 heterocycles. The summed E-state index contributed by atoms with van der Waals surface area (Å²) >= 11 is 1.88. The van der Waals surface area contributed by atoms with Crippen LogP contribution in [0.4, 0.5) is 0 Å². The maximum atomic E-state index is 4.98. The summed E-state index contributed by atoms with van der Waals surface area (Å²) in [7, 11) is 1.73. The number of hydrogen-bond acceptors (Lipinski definition) is 4. The first-order valence-corrected chi connectivity index (χ1v) is 6.39. The minimum absolute atomic E-state index is 0.769. The van der Waals surface area contributed by atoms with E-state index >= 15 is 0 Å². The van der Waals surface area contributed by atoms with E-state index in [0.717, 1.165) is 19.7 Å². The zero-order valence-corrected chi connectivity index (χ0v) is 10.0. The van der Waals surface area contributed by atoms with Crippen LogP contribution in [-0.4, -0.2) is 25.2 Å². The van der Waals surface area contributed by atoms with Gasteiger partial charge in [-0.15, -0.1) is 11.3 Å². The highest BCUT2D eigenvalue weighted by molar-refractivity contribution is 7.11. The smallest absolute Gasteiger partial charge is 0.107 e. The van der Waals surface area contributed by atoms with Gasteiger partial charge in [0.2, 0.25) is 0 Å². The molecule has 0 spiro atoms. The molecule has 1 aliphatic carbocycles. The fourth-order valence-corrected chi connectivity index (χ4v) is 2.98. The van der Waals surface area contributed by atoms with Crippen molar-refractivity contribution in [3.05, 3.63) is 15.6 Å². The van der Waals surface area contributed by atoms with Crippen molar-refractivity contribution in [1.82, 2.24) is 10.3 Å². The number of rotatable bonds is 5. The standard InChI is InChI=1S/C11H18N2OS/c1-14-7-6-12-8-11-13-9-4-2-3-5-10(9)15-11/h12H,2-8H2,1H3. The van der Waals surface area contributed by atoms with Gasteiger partial charge >= 0.3 is 0 Å². The number of aromatic nitrogens is 1. The minimum Gasteiger partial charge on any atom is -0.383 e. The number of nitrogens with zero attached hydrogens (tertiary/aromatic N) is 1. The van der Waals surface area contributed by atoms with E-state index in [1.54, 1.807) is 7.11 Å². The molecular formula is C11H18N2OS. The minimum atomic E-state index is 0.769. The molecule has 15 heavy (non-hydrogen) atoms. The van der Waals surface area contributed by atoms with E-state index in [4.69, 9.17) is 4.74 Å². The maximum absolute atomic E-state index is 4.98. The Bertz CT molecular complexity index is 288. The van der Waals surface area contributed by atoms with Crippen molar-refractivity contribution >= 4 is 11.3 Å². The largest absolute Gasteiger partial charge is 0.383 e. The number of hydrogen-bond donors (Lipinski definition) is 1. The Hall–Kier alpha value is -0.450. The molecule has 3 nitrogen and oxygen atoms in total. The van der Waals surface area contributed by atoms with Gasteiger partial charge < -0.3 is 10.1 Å². The molecule has 0 unspecified atom stereocenters. The summed E-state index contributed by atoms with van der Waals surface area (Å²) in [5, 5.41) is 4.57. The predicted molar refractivity (Wildman–Crippen MR) is 62.3 cm³/mol. The Labute approximate surface area is 94.9 Å². The van der Waals surface area contributed by atoms with Gasteiger partial charge in [-0.1, -0.05) is 0 Å². The second-order valence-electron chi connectivity index (χ2n) is 3.85. The lowest BCUT2D eigenvalue weighted by Crippen LogP contribution is -2.18. The van der Waals surface area contributed by atoms with E-state index < -0.39 is 0 Å². The third-order valence-corrected chi connectivity index (χ3v) is 3.81. The van der Waals surface area contributed by atoms with Crippen LogP contribution in [0.5, 0.6) is 0 Å². The summed E-state index contributed by atoms with van der Waals surface area (Å²) < 4.78 is 4.98. The van der Waals surface area contributed by atoms with Crippen LogP contribution in [-0.2, 0) is 24.1 Å². The maximum Gasteiger partial charge on any atom is 0.107 e. The number of methoxy groups -OCH3 is 1. The second-order valence-corrected chi connectivity index (χ2v) is 5.02. The Morgan fingerprint density at radius 1 is 1.40 bits per heavy atom. The normalized spacial score (nSPS) is 15.3. The van der Waals surface area contributed by atoms with E-state index in [9.17, 15) is 0 Å². The van der Waals surface area contributed by atoms with E-state index in [-0.39, 0.29) is 0 Å². The number of fused-ring (bicyclic) bond motifs is 1. The molecular weight excluding hydrogens is 208 g/mol. The first-order valence-electron chi connectivity index (χ1n) is 5.57. The van der Waals surface area contributed by atoms with Crippen molar-refractivity contribution in [2.45, 2.75) is 32.2 Å². The molecule has 0 amide bonds. The molecule has 0 aromatic carbocycles. The van der Waals surface area contributed by atoms with Gasteiger partial charge in [0.1, 0.15) is 5.01 Å². The predicted octanol–water partition coefficient (Wildman–Crippen LogP) is 1.76. The van der Waals surface area contributed by atoms with Gasteiger partial charge in [-0.3, -0.25) is 0 Å². The second kappa shape index (κ2) is 5.58. The molecule has 0 radical (unpaired) electrons. The zero-order chi connectivity index (χ0) is 10.5. The first-order chi connectivity index (χ1) is 7.40. The van der Waals surface area contributed by atoms with E-state index in [0.29, 0.717) is 0 Å². The van der Waals surface area contributed by atoms with E-state index in [1.807, 2.05) is 11.3 Å². The molecule has 4 heteroatoms. The number of aryl methyl sites for hydroxylation is 2. The van der Waals surface area contributed by atoms with Crippen LogP contribution >= 0.6 is 11.3 Å². The highest BCUT2D eigenvalue weighted by atomic mass is 32.1. The van der Waals surface area contributed by atoms with Crippen LogP contribution in [0.1, 0.15) is 28.4 Å². The van der Waals surface area contributed by atoms with Crippen molar-refractivity contribution in [1.29, 1.82) is 0 Å². The van der Waals surface area contributed by atoms with Gasteiger partial charge in [0.05, 0.1) is 12.3 Å². The third-order valence-electron chi connectivity index (χ3n) is 2.65. The van der Waals surface area contributed by atoms with Crippen LogP contribution in [0.25, 0.3) is 0 Å². The van der Waals surface area contributed by atoms with Gasteiger partial charge in [-0.2, -0.15) is 0 Å². The topological polar surface area (TPSA) is 34.1 Å². The highest BCUT2D eigenvalue weighted by Crippen LogP contribution is 2.26. The van der Waals surface area contributed by atoms with Crippen LogP contribution in [0.15, 0.2) is 0 Å². The van der Waals surface area contributed by atoms with Gasteiger partial charge in [0.15, 0.2) is 0 Å². The van der Waals surface area contributed by atoms with Crippen LogP contribution in [0.2, 0.25) is 0 Å². The molecule has 0 fully saturated rings. The molecule has 1 aromatic heterocycles. The van der Waals surface area contributed by atoms with Gasteiger partial charge in [-0.25, -0.2) is 4.98 Å². The summed E-state index contributed by atoms with van der Waals surface area (Å²) in [6.45, 7) is 2.56. The lowest BCUT2D eigenvalue weighted by atomic mass is 10.0. The number of thiazole rings is 1. The zero-order valence-electron chi connectivity index (χ0n) is 9.21. The third kappa shape index (κ3) is 3.00. The number of ether oxygens (including phenoxy) is 1. The van der Waals surface area contributed by atoms with Gasteiger partial charge in [0.25, 0.3) is 0 Å². The quantitative estimate of drug-likeness (QED) is 0.777. The van der Waals surface area contributed by atoms with Crippen LogP contribution in [0, 0.1) is 0 Å². The summed E-state index contributed by atoms with van der Waals surface area (Å²) in [5.41, 5.74) is 1.36. The van der Waals surface area contributed by atoms with Crippen LogP contribution in [0.3, 0.4) is 0 Å². The number of nitrogens with one attached hydrogen (secondary N) is 1. The SMILES string of the molecule is COCCNCc1nc2c(s1)CCCC2. The fraction of sp³-hybridized carbons (Fsp3) is 0.727. The lowest BCUT2D eigenvalue weighted by molar-refractivity contribution is 0.199. The van der Waals surface area contributed by atoms with E-state index in [2.05, 4.69) is 10.3 Å². The van der Waals surface area contributed by atoms with E-state index in [1.165, 1.54) is 41.3 Å². The summed E-state index contributed by atoms with van der Waals surface area (Å²) in [6.07, 6.45) is 5.08. The Morgan fingerprint density at radius 3 is 3.07 bits per heavy atom. The van der Waals surface area contributed by atoms with Crippen LogP contribution < -0.4 is 5.32 Å². The molecule has 1 N–H and O–H groups in total. The highest BCUT2D eigenvalue weighted by Gasteiger charge is 2.14. The average molecular weight is 226 g/mol. The molecule has 1 aromatic rings. The monoisotopic (exact) mass is 226 g/mol. The Kier molecular flexibility index (Phi) is 4.11. The summed E-state index contributed by atoms with van der Waals surface area (Å²) in [4.78, 5) is 6.18. The first kappa shape index (κ1) is 11.0. The summed E-state index contributed by atoms with van der Waals surface area (Å²) in [6, 6.07) is 0.